The molecule has 1 aromatic heterocycles. The topological polar surface area (TPSA) is 144 Å². The van der Waals surface area contributed by atoms with E-state index in [4.69, 9.17) is 10.5 Å². The number of carbonyl (C=O) groups is 4. The van der Waals surface area contributed by atoms with E-state index in [-0.39, 0.29) is 18.3 Å². The lowest BCUT2D eigenvalue weighted by Crippen LogP contribution is -2.49. The molecule has 10 heteroatoms. The van der Waals surface area contributed by atoms with Gasteiger partial charge in [-0.25, -0.2) is 9.78 Å². The molecule has 0 radical (unpaired) electrons. The highest BCUT2D eigenvalue weighted by Gasteiger charge is 2.52. The third-order valence-corrected chi connectivity index (χ3v) is 6.04. The maximum absolute atomic E-state index is 12.9. The van der Waals surface area contributed by atoms with Crippen molar-refractivity contribution in [1.29, 1.82) is 0 Å². The van der Waals surface area contributed by atoms with Crippen molar-refractivity contribution in [1.82, 2.24) is 15.2 Å². The zero-order chi connectivity index (χ0) is 23.6. The zero-order valence-corrected chi connectivity index (χ0v) is 18.2. The van der Waals surface area contributed by atoms with E-state index in [9.17, 15) is 19.2 Å². The highest BCUT2D eigenvalue weighted by Crippen LogP contribution is 2.36. The number of urea groups is 1. The number of hydrogen-bond donors (Lipinski definition) is 3. The number of pyridine rings is 1. The molecule has 1 saturated carbocycles. The summed E-state index contributed by atoms with van der Waals surface area (Å²) in [5.41, 5.74) is 5.07. The van der Waals surface area contributed by atoms with E-state index in [0.29, 0.717) is 35.8 Å². The minimum absolute atomic E-state index is 0.247. The molecule has 33 heavy (non-hydrogen) atoms. The number of nitrogens with two attached hydrogens (primary N) is 1. The molecule has 0 unspecified atom stereocenters. The molecule has 1 aliphatic carbocycles. The Hall–Kier alpha value is -3.95. The third-order valence-electron chi connectivity index (χ3n) is 6.04. The Labute approximate surface area is 190 Å². The van der Waals surface area contributed by atoms with Gasteiger partial charge in [-0.1, -0.05) is 13.0 Å². The van der Waals surface area contributed by atoms with Crippen molar-refractivity contribution in [3.63, 3.8) is 0 Å². The number of imide groups is 1. The van der Waals surface area contributed by atoms with Crippen molar-refractivity contribution in [2.24, 2.45) is 11.7 Å². The number of nitrogens with zero attached hydrogens (tertiary/aromatic N) is 2. The van der Waals surface area contributed by atoms with Crippen LogP contribution in [-0.2, 0) is 9.59 Å². The van der Waals surface area contributed by atoms with E-state index in [0.717, 1.165) is 17.7 Å². The maximum atomic E-state index is 12.9. The molecule has 0 bridgehead atoms. The molecule has 2 aliphatic rings. The molecule has 1 spiro atoms. The SMILES string of the molecule is CC1CCC2(CC1)NC(=O)N(CC(=O)Nc1ccc(Oc3cccc(C(N)=O)c3)nc1)C2=O. The van der Waals surface area contributed by atoms with Crippen molar-refractivity contribution in [2.45, 2.75) is 38.1 Å². The summed E-state index contributed by atoms with van der Waals surface area (Å²) in [6.07, 6.45) is 4.29. The first-order chi connectivity index (χ1) is 15.8. The van der Waals surface area contributed by atoms with Gasteiger partial charge in [-0.2, -0.15) is 0 Å². The van der Waals surface area contributed by atoms with Gasteiger partial charge in [0.15, 0.2) is 0 Å². The molecule has 172 valence electrons. The standard InChI is InChI=1S/C23H25N5O5/c1-14-7-9-23(10-8-14)21(31)28(22(32)27-23)13-18(29)26-16-5-6-19(25-12-16)33-17-4-2-3-15(11-17)20(24)30/h2-6,11-12,14H,7-10,13H2,1H3,(H2,24,30)(H,26,29)(H,27,32). The fraction of sp³-hybridized carbons (Fsp3) is 0.348. The number of amides is 5. The molecule has 1 aromatic carbocycles. The second kappa shape index (κ2) is 8.89. The van der Waals surface area contributed by atoms with Crippen LogP contribution in [0.2, 0.25) is 0 Å². The van der Waals surface area contributed by atoms with Crippen molar-refractivity contribution in [3.8, 4) is 11.6 Å². The lowest BCUT2D eigenvalue weighted by atomic mass is 9.77. The maximum Gasteiger partial charge on any atom is 0.325 e. The summed E-state index contributed by atoms with van der Waals surface area (Å²) in [6.45, 7) is 1.75. The number of carbonyl (C=O) groups excluding carboxylic acids is 4. The van der Waals surface area contributed by atoms with Crippen LogP contribution in [0.3, 0.4) is 0 Å². The van der Waals surface area contributed by atoms with Gasteiger partial charge in [-0.15, -0.1) is 0 Å². The van der Waals surface area contributed by atoms with Gasteiger partial charge in [0, 0.05) is 11.6 Å². The molecule has 1 aliphatic heterocycles. The molecule has 4 rings (SSSR count). The first-order valence-electron chi connectivity index (χ1n) is 10.7. The number of primary amides is 1. The molecule has 2 fully saturated rings. The monoisotopic (exact) mass is 451 g/mol. The van der Waals surface area contributed by atoms with E-state index in [1.165, 1.54) is 12.3 Å². The van der Waals surface area contributed by atoms with Crippen LogP contribution in [0.5, 0.6) is 11.6 Å². The van der Waals surface area contributed by atoms with Crippen LogP contribution in [0, 0.1) is 5.92 Å². The van der Waals surface area contributed by atoms with Crippen LogP contribution >= 0.6 is 0 Å². The molecule has 4 N–H and O–H groups in total. The van der Waals surface area contributed by atoms with Crippen LogP contribution < -0.4 is 21.1 Å². The summed E-state index contributed by atoms with van der Waals surface area (Å²) < 4.78 is 5.60. The third kappa shape index (κ3) is 4.79. The smallest absolute Gasteiger partial charge is 0.325 e. The van der Waals surface area contributed by atoms with Crippen molar-refractivity contribution < 1.29 is 23.9 Å². The first kappa shape index (κ1) is 22.3. The molecule has 10 nitrogen and oxygen atoms in total. The Morgan fingerprint density at radius 2 is 2.00 bits per heavy atom. The number of nitrogens with one attached hydrogen (secondary N) is 2. The highest BCUT2D eigenvalue weighted by molar-refractivity contribution is 6.10. The van der Waals surface area contributed by atoms with Gasteiger partial charge in [0.2, 0.25) is 17.7 Å². The average Bonchev–Trinajstić information content (AvgIpc) is 3.01. The summed E-state index contributed by atoms with van der Waals surface area (Å²) in [4.78, 5) is 54.1. The van der Waals surface area contributed by atoms with Gasteiger partial charge in [0.25, 0.3) is 5.91 Å². The molecular weight excluding hydrogens is 426 g/mol. The van der Waals surface area contributed by atoms with Crippen molar-refractivity contribution >= 4 is 29.4 Å². The summed E-state index contributed by atoms with van der Waals surface area (Å²) in [5.74, 6) is -0.263. The zero-order valence-electron chi connectivity index (χ0n) is 18.2. The molecule has 5 amide bonds. The fourth-order valence-electron chi connectivity index (χ4n) is 4.11. The van der Waals surface area contributed by atoms with E-state index >= 15 is 0 Å². The molecule has 1 saturated heterocycles. The van der Waals surface area contributed by atoms with Gasteiger partial charge in [-0.05, 0) is 55.9 Å². The quantitative estimate of drug-likeness (QED) is 0.576. The first-order valence-corrected chi connectivity index (χ1v) is 10.7. The molecule has 2 heterocycles. The van der Waals surface area contributed by atoms with E-state index in [1.54, 1.807) is 30.3 Å². The Morgan fingerprint density at radius 1 is 1.24 bits per heavy atom. The minimum atomic E-state index is -0.879. The van der Waals surface area contributed by atoms with E-state index in [1.807, 2.05) is 0 Å². The van der Waals surface area contributed by atoms with Gasteiger partial charge >= 0.3 is 6.03 Å². The van der Waals surface area contributed by atoms with Gasteiger partial charge in [0.1, 0.15) is 17.8 Å². The van der Waals surface area contributed by atoms with Crippen molar-refractivity contribution in [3.05, 3.63) is 48.2 Å². The highest BCUT2D eigenvalue weighted by atomic mass is 16.5. The van der Waals surface area contributed by atoms with Gasteiger partial charge in [-0.3, -0.25) is 19.3 Å². The van der Waals surface area contributed by atoms with Gasteiger partial charge < -0.3 is 21.1 Å². The predicted molar refractivity (Wildman–Crippen MR) is 119 cm³/mol. The van der Waals surface area contributed by atoms with Crippen molar-refractivity contribution in [2.75, 3.05) is 11.9 Å². The lowest BCUT2D eigenvalue weighted by molar-refractivity contribution is -0.135. The largest absolute Gasteiger partial charge is 0.439 e. The summed E-state index contributed by atoms with van der Waals surface area (Å²) in [6, 6.07) is 8.94. The fourth-order valence-corrected chi connectivity index (χ4v) is 4.11. The summed E-state index contributed by atoms with van der Waals surface area (Å²) in [7, 11) is 0. The van der Waals surface area contributed by atoms with Gasteiger partial charge in [0.05, 0.1) is 11.9 Å². The Morgan fingerprint density at radius 3 is 2.67 bits per heavy atom. The Kier molecular flexibility index (Phi) is 5.99. The average molecular weight is 451 g/mol. The number of benzene rings is 1. The molecule has 2 aromatic rings. The summed E-state index contributed by atoms with van der Waals surface area (Å²) in [5, 5.41) is 5.43. The van der Waals surface area contributed by atoms with Crippen LogP contribution in [0.1, 0.15) is 43.0 Å². The predicted octanol–water partition coefficient (Wildman–Crippen LogP) is 2.41. The molecule has 0 atom stereocenters. The Balaban J connectivity index is 1.34. The number of hydrogen-bond acceptors (Lipinski definition) is 6. The van der Waals surface area contributed by atoms with Crippen LogP contribution in [0.25, 0.3) is 0 Å². The lowest BCUT2D eigenvalue weighted by Gasteiger charge is -2.33. The van der Waals surface area contributed by atoms with E-state index in [2.05, 4.69) is 22.5 Å². The number of ether oxygens (including phenoxy) is 1. The number of rotatable bonds is 6. The minimum Gasteiger partial charge on any atom is -0.439 e. The second-order valence-corrected chi connectivity index (χ2v) is 8.51. The number of aromatic nitrogens is 1. The van der Waals surface area contributed by atoms with Crippen LogP contribution in [-0.4, -0.2) is 45.7 Å². The van der Waals surface area contributed by atoms with E-state index < -0.39 is 23.4 Å². The molecular formula is C23H25N5O5. The normalized spacial score (nSPS) is 22.2. The number of anilines is 1. The summed E-state index contributed by atoms with van der Waals surface area (Å²) >= 11 is 0. The second-order valence-electron chi connectivity index (χ2n) is 8.51. The van der Waals surface area contributed by atoms with Crippen LogP contribution in [0.15, 0.2) is 42.6 Å². The Bertz CT molecular complexity index is 1090. The van der Waals surface area contributed by atoms with Crippen LogP contribution in [0.4, 0.5) is 10.5 Å².